The van der Waals surface area contributed by atoms with Crippen molar-refractivity contribution in [2.24, 2.45) is 4.99 Å². The molecular weight excluding hydrogens is 479 g/mol. The van der Waals surface area contributed by atoms with Crippen LogP contribution in [0.5, 0.6) is 5.75 Å². The number of anilines is 1. The van der Waals surface area contributed by atoms with Gasteiger partial charge in [0.15, 0.2) is 5.96 Å². The Morgan fingerprint density at radius 2 is 1.78 bits per heavy atom. The Bertz CT molecular complexity index is 751. The molecule has 2 rings (SSSR count). The van der Waals surface area contributed by atoms with E-state index in [4.69, 9.17) is 11.6 Å². The van der Waals surface area contributed by atoms with Crippen LogP contribution in [0.2, 0.25) is 5.02 Å². The SMILES string of the molecule is CCNC(=NCC(=O)Nc1ccc(O)cc1)N(C)Cc1ccc(Cl)cc1.I. The quantitative estimate of drug-likeness (QED) is 0.244. The lowest BCUT2D eigenvalue weighted by Gasteiger charge is -2.22. The van der Waals surface area contributed by atoms with Gasteiger partial charge in [-0.05, 0) is 48.9 Å². The van der Waals surface area contributed by atoms with Gasteiger partial charge in [0.2, 0.25) is 5.91 Å². The number of phenols is 1. The lowest BCUT2D eigenvalue weighted by Crippen LogP contribution is -2.39. The zero-order valence-corrected chi connectivity index (χ0v) is 18.4. The summed E-state index contributed by atoms with van der Waals surface area (Å²) in [5.41, 5.74) is 1.71. The predicted octanol–water partition coefficient (Wildman–Crippen LogP) is 3.70. The molecule has 0 saturated heterocycles. The summed E-state index contributed by atoms with van der Waals surface area (Å²) in [6.07, 6.45) is 0. The Labute approximate surface area is 181 Å². The van der Waals surface area contributed by atoms with Crippen molar-refractivity contribution in [3.63, 3.8) is 0 Å². The highest BCUT2D eigenvalue weighted by molar-refractivity contribution is 14.0. The number of carbonyl (C=O) groups is 1. The molecule has 6 nitrogen and oxygen atoms in total. The van der Waals surface area contributed by atoms with Crippen molar-refractivity contribution >= 4 is 53.1 Å². The number of carbonyl (C=O) groups excluding carboxylic acids is 1. The molecule has 0 aliphatic carbocycles. The summed E-state index contributed by atoms with van der Waals surface area (Å²) in [4.78, 5) is 18.4. The maximum Gasteiger partial charge on any atom is 0.246 e. The monoisotopic (exact) mass is 502 g/mol. The van der Waals surface area contributed by atoms with Crippen molar-refractivity contribution < 1.29 is 9.90 Å². The molecule has 0 fully saturated rings. The van der Waals surface area contributed by atoms with Gasteiger partial charge in [-0.25, -0.2) is 4.99 Å². The van der Waals surface area contributed by atoms with E-state index in [0.29, 0.717) is 29.8 Å². The van der Waals surface area contributed by atoms with Crippen molar-refractivity contribution in [1.29, 1.82) is 0 Å². The number of benzene rings is 2. The number of aromatic hydroxyl groups is 1. The number of hydrogen-bond donors (Lipinski definition) is 3. The van der Waals surface area contributed by atoms with Gasteiger partial charge in [-0.2, -0.15) is 0 Å². The molecule has 0 bridgehead atoms. The van der Waals surface area contributed by atoms with Gasteiger partial charge >= 0.3 is 0 Å². The maximum absolute atomic E-state index is 12.1. The van der Waals surface area contributed by atoms with Crippen LogP contribution in [-0.4, -0.2) is 42.0 Å². The average molecular weight is 503 g/mol. The van der Waals surface area contributed by atoms with E-state index in [9.17, 15) is 9.90 Å². The molecule has 0 atom stereocenters. The molecular formula is C19H24ClIN4O2. The third kappa shape index (κ3) is 8.04. The molecule has 0 aliphatic heterocycles. The molecule has 2 aromatic rings. The van der Waals surface area contributed by atoms with Gasteiger partial charge in [0.25, 0.3) is 0 Å². The Morgan fingerprint density at radius 1 is 1.15 bits per heavy atom. The highest BCUT2D eigenvalue weighted by Gasteiger charge is 2.08. The van der Waals surface area contributed by atoms with Crippen LogP contribution < -0.4 is 10.6 Å². The van der Waals surface area contributed by atoms with Crippen LogP contribution in [0.25, 0.3) is 0 Å². The molecule has 0 spiro atoms. The van der Waals surface area contributed by atoms with E-state index in [1.807, 2.05) is 43.1 Å². The second-order valence-corrected chi connectivity index (χ2v) is 6.18. The van der Waals surface area contributed by atoms with Crippen molar-refractivity contribution in [3.8, 4) is 5.75 Å². The average Bonchev–Trinajstić information content (AvgIpc) is 2.62. The standard InChI is InChI=1S/C19H23ClN4O2.HI/c1-3-21-19(24(2)13-14-4-6-15(20)7-5-14)22-12-18(26)23-16-8-10-17(25)11-9-16;/h4-11,25H,3,12-13H2,1-2H3,(H,21,22)(H,23,26);1H. The zero-order chi connectivity index (χ0) is 18.9. The summed E-state index contributed by atoms with van der Waals surface area (Å²) in [5, 5.41) is 15.9. The maximum atomic E-state index is 12.1. The number of hydrogen-bond acceptors (Lipinski definition) is 3. The Kier molecular flexibility index (Phi) is 9.95. The Hall–Kier alpha value is -2.00. The largest absolute Gasteiger partial charge is 0.508 e. The Balaban J connectivity index is 0.00000364. The number of halogens is 2. The molecule has 2 aromatic carbocycles. The summed E-state index contributed by atoms with van der Waals surface area (Å²) in [7, 11) is 1.91. The van der Waals surface area contributed by atoms with Crippen molar-refractivity contribution in [2.75, 3.05) is 25.5 Å². The van der Waals surface area contributed by atoms with Crippen LogP contribution in [0.3, 0.4) is 0 Å². The van der Waals surface area contributed by atoms with Gasteiger partial charge in [0.1, 0.15) is 12.3 Å². The normalized spacial score (nSPS) is 10.7. The topological polar surface area (TPSA) is 77.0 Å². The molecule has 1 amide bonds. The molecule has 0 heterocycles. The fourth-order valence-corrected chi connectivity index (χ4v) is 2.43. The second kappa shape index (κ2) is 11.7. The number of nitrogens with one attached hydrogen (secondary N) is 2. The molecule has 0 unspecified atom stereocenters. The van der Waals surface area contributed by atoms with E-state index in [2.05, 4.69) is 15.6 Å². The van der Waals surface area contributed by atoms with Gasteiger partial charge in [0, 0.05) is 30.8 Å². The molecule has 0 aromatic heterocycles. The van der Waals surface area contributed by atoms with E-state index < -0.39 is 0 Å². The molecule has 3 N–H and O–H groups in total. The minimum absolute atomic E-state index is 0. The second-order valence-electron chi connectivity index (χ2n) is 5.75. The number of guanidine groups is 1. The van der Waals surface area contributed by atoms with E-state index in [1.54, 1.807) is 12.1 Å². The molecule has 0 saturated carbocycles. The number of amides is 1. The van der Waals surface area contributed by atoms with Crippen LogP contribution >= 0.6 is 35.6 Å². The summed E-state index contributed by atoms with van der Waals surface area (Å²) < 4.78 is 0. The van der Waals surface area contributed by atoms with Crippen molar-refractivity contribution in [2.45, 2.75) is 13.5 Å². The van der Waals surface area contributed by atoms with Crippen molar-refractivity contribution in [1.82, 2.24) is 10.2 Å². The highest BCUT2D eigenvalue weighted by atomic mass is 127. The third-order valence-electron chi connectivity index (χ3n) is 3.55. The third-order valence-corrected chi connectivity index (χ3v) is 3.80. The van der Waals surface area contributed by atoms with E-state index in [1.165, 1.54) is 12.1 Å². The van der Waals surface area contributed by atoms with Crippen LogP contribution in [0.1, 0.15) is 12.5 Å². The van der Waals surface area contributed by atoms with Gasteiger partial charge < -0.3 is 20.6 Å². The highest BCUT2D eigenvalue weighted by Crippen LogP contribution is 2.13. The van der Waals surface area contributed by atoms with Crippen molar-refractivity contribution in [3.05, 3.63) is 59.1 Å². The van der Waals surface area contributed by atoms with Gasteiger partial charge in [-0.1, -0.05) is 23.7 Å². The number of aliphatic imine (C=N–C) groups is 1. The molecule has 8 heteroatoms. The number of phenolic OH excluding ortho intramolecular Hbond substituents is 1. The van der Waals surface area contributed by atoms with Crippen LogP contribution in [0.4, 0.5) is 5.69 Å². The minimum Gasteiger partial charge on any atom is -0.508 e. The Morgan fingerprint density at radius 3 is 2.37 bits per heavy atom. The predicted molar refractivity (Wildman–Crippen MR) is 121 cm³/mol. The zero-order valence-electron chi connectivity index (χ0n) is 15.3. The van der Waals surface area contributed by atoms with Crippen LogP contribution in [0.15, 0.2) is 53.5 Å². The summed E-state index contributed by atoms with van der Waals surface area (Å²) in [6.45, 7) is 3.31. The first-order chi connectivity index (χ1) is 12.5. The van der Waals surface area contributed by atoms with Gasteiger partial charge in [-0.15, -0.1) is 24.0 Å². The summed E-state index contributed by atoms with van der Waals surface area (Å²) in [6, 6.07) is 13.9. The first-order valence-corrected chi connectivity index (χ1v) is 8.68. The fraction of sp³-hybridized carbons (Fsp3) is 0.263. The lowest BCUT2D eigenvalue weighted by molar-refractivity contribution is -0.114. The number of nitrogens with zero attached hydrogens (tertiary/aromatic N) is 2. The molecule has 0 aliphatic rings. The summed E-state index contributed by atoms with van der Waals surface area (Å²) in [5.74, 6) is 0.563. The smallest absolute Gasteiger partial charge is 0.246 e. The summed E-state index contributed by atoms with van der Waals surface area (Å²) >= 11 is 5.91. The van der Waals surface area contributed by atoms with Gasteiger partial charge in [0.05, 0.1) is 0 Å². The molecule has 146 valence electrons. The number of rotatable bonds is 6. The van der Waals surface area contributed by atoms with E-state index >= 15 is 0 Å². The fourth-order valence-electron chi connectivity index (χ4n) is 2.30. The lowest BCUT2D eigenvalue weighted by atomic mass is 10.2. The van der Waals surface area contributed by atoms with E-state index in [-0.39, 0.29) is 42.2 Å². The van der Waals surface area contributed by atoms with Crippen LogP contribution in [0, 0.1) is 0 Å². The van der Waals surface area contributed by atoms with Crippen LogP contribution in [-0.2, 0) is 11.3 Å². The molecule has 0 radical (unpaired) electrons. The van der Waals surface area contributed by atoms with E-state index in [0.717, 1.165) is 5.56 Å². The first-order valence-electron chi connectivity index (χ1n) is 8.30. The minimum atomic E-state index is -0.231. The first kappa shape index (κ1) is 23.0. The molecule has 27 heavy (non-hydrogen) atoms. The van der Waals surface area contributed by atoms with Gasteiger partial charge in [-0.3, -0.25) is 4.79 Å².